The summed E-state index contributed by atoms with van der Waals surface area (Å²) in [6.07, 6.45) is 3.26. The van der Waals surface area contributed by atoms with Crippen molar-refractivity contribution >= 4 is 28.3 Å². The molecule has 0 bridgehead atoms. The molecule has 0 aliphatic rings. The highest BCUT2D eigenvalue weighted by molar-refractivity contribution is 7.15. The van der Waals surface area contributed by atoms with Crippen LogP contribution in [0.5, 0.6) is 0 Å². The summed E-state index contributed by atoms with van der Waals surface area (Å²) in [4.78, 5) is 26.6. The van der Waals surface area contributed by atoms with Crippen LogP contribution in [0, 0.1) is 6.92 Å². The van der Waals surface area contributed by atoms with Gasteiger partial charge in [0.1, 0.15) is 5.01 Å². The second-order valence-corrected chi connectivity index (χ2v) is 6.92. The number of amides is 1. The molecule has 2 aromatic heterocycles. The first-order chi connectivity index (χ1) is 12.7. The van der Waals surface area contributed by atoms with Crippen molar-refractivity contribution in [3.63, 3.8) is 0 Å². The lowest BCUT2D eigenvalue weighted by atomic mass is 10.2. The maximum Gasteiger partial charge on any atom is 0.251 e. The van der Waals surface area contributed by atoms with E-state index in [9.17, 15) is 4.79 Å². The van der Waals surface area contributed by atoms with E-state index in [1.807, 2.05) is 43.3 Å². The molecule has 0 fully saturated rings. The van der Waals surface area contributed by atoms with Crippen LogP contribution in [0.2, 0.25) is 0 Å². The Bertz CT molecular complexity index is 1080. The number of rotatable bonds is 4. The van der Waals surface area contributed by atoms with Crippen molar-refractivity contribution < 1.29 is 4.79 Å². The zero-order valence-corrected chi connectivity index (χ0v) is 15.0. The summed E-state index contributed by atoms with van der Waals surface area (Å²) in [5.74, 6) is -0.133. The quantitative estimate of drug-likeness (QED) is 0.597. The molecule has 0 aliphatic carbocycles. The minimum Gasteiger partial charge on any atom is -0.347 e. The largest absolute Gasteiger partial charge is 0.347 e. The summed E-state index contributed by atoms with van der Waals surface area (Å²) in [5.41, 5.74) is 4.09. The minimum absolute atomic E-state index is 0.133. The molecule has 1 amide bonds. The van der Waals surface area contributed by atoms with Crippen LogP contribution in [0.4, 0.5) is 0 Å². The third-order valence-electron chi connectivity index (χ3n) is 4.05. The van der Waals surface area contributed by atoms with Crippen LogP contribution in [0.1, 0.15) is 20.9 Å². The number of benzene rings is 2. The smallest absolute Gasteiger partial charge is 0.251 e. The van der Waals surface area contributed by atoms with Crippen LogP contribution in [-0.2, 0) is 6.54 Å². The van der Waals surface area contributed by atoms with Crippen LogP contribution >= 0.6 is 11.3 Å². The summed E-state index contributed by atoms with van der Waals surface area (Å²) in [7, 11) is 0. The fraction of sp³-hybridized carbons (Fsp3) is 0.100. The van der Waals surface area contributed by atoms with Gasteiger partial charge in [-0.05, 0) is 25.1 Å². The van der Waals surface area contributed by atoms with Gasteiger partial charge < -0.3 is 5.32 Å². The second-order valence-electron chi connectivity index (χ2n) is 5.84. The maximum atomic E-state index is 12.5. The molecule has 6 heteroatoms. The SMILES string of the molecule is Cc1nc(-c2ccccc2)sc1CNC(=O)c1ccc2nccnc2c1. The average molecular weight is 360 g/mol. The molecule has 0 radical (unpaired) electrons. The first-order valence-corrected chi connectivity index (χ1v) is 9.03. The molecule has 0 aliphatic heterocycles. The van der Waals surface area contributed by atoms with Gasteiger partial charge in [0.25, 0.3) is 5.91 Å². The van der Waals surface area contributed by atoms with Crippen molar-refractivity contribution in [2.24, 2.45) is 0 Å². The van der Waals surface area contributed by atoms with Gasteiger partial charge in [-0.3, -0.25) is 14.8 Å². The summed E-state index contributed by atoms with van der Waals surface area (Å²) < 4.78 is 0. The van der Waals surface area contributed by atoms with Gasteiger partial charge in [0.15, 0.2) is 0 Å². The third kappa shape index (κ3) is 3.32. The van der Waals surface area contributed by atoms with Gasteiger partial charge in [0.05, 0.1) is 23.3 Å². The van der Waals surface area contributed by atoms with Crippen molar-refractivity contribution in [1.29, 1.82) is 0 Å². The van der Waals surface area contributed by atoms with Gasteiger partial charge in [-0.25, -0.2) is 4.98 Å². The van der Waals surface area contributed by atoms with Crippen molar-refractivity contribution in [2.45, 2.75) is 13.5 Å². The molecule has 0 spiro atoms. The predicted molar refractivity (Wildman–Crippen MR) is 103 cm³/mol. The number of fused-ring (bicyclic) bond motifs is 1. The third-order valence-corrected chi connectivity index (χ3v) is 5.26. The molecule has 0 unspecified atom stereocenters. The molecule has 0 saturated heterocycles. The highest BCUT2D eigenvalue weighted by Gasteiger charge is 2.12. The van der Waals surface area contributed by atoms with Gasteiger partial charge in [-0.1, -0.05) is 30.3 Å². The number of nitrogens with zero attached hydrogens (tertiary/aromatic N) is 3. The van der Waals surface area contributed by atoms with E-state index in [1.54, 1.807) is 35.9 Å². The molecular formula is C20H16N4OS. The predicted octanol–water partition coefficient (Wildman–Crippen LogP) is 3.99. The fourth-order valence-electron chi connectivity index (χ4n) is 2.66. The zero-order chi connectivity index (χ0) is 17.9. The van der Waals surface area contributed by atoms with E-state index < -0.39 is 0 Å². The van der Waals surface area contributed by atoms with Crippen LogP contribution in [0.3, 0.4) is 0 Å². The molecular weight excluding hydrogens is 344 g/mol. The Balaban J connectivity index is 1.49. The molecule has 4 aromatic rings. The topological polar surface area (TPSA) is 67.8 Å². The number of hydrogen-bond acceptors (Lipinski definition) is 5. The van der Waals surface area contributed by atoms with Gasteiger partial charge in [-0.15, -0.1) is 11.3 Å². The van der Waals surface area contributed by atoms with E-state index in [4.69, 9.17) is 0 Å². The Hall–Kier alpha value is -3.12. The minimum atomic E-state index is -0.133. The van der Waals surface area contributed by atoms with Crippen molar-refractivity contribution in [1.82, 2.24) is 20.3 Å². The van der Waals surface area contributed by atoms with E-state index in [0.29, 0.717) is 17.6 Å². The van der Waals surface area contributed by atoms with Crippen molar-refractivity contribution in [2.75, 3.05) is 0 Å². The number of nitrogens with one attached hydrogen (secondary N) is 1. The lowest BCUT2D eigenvalue weighted by molar-refractivity contribution is 0.0951. The summed E-state index contributed by atoms with van der Waals surface area (Å²) in [5, 5.41) is 3.93. The highest BCUT2D eigenvalue weighted by atomic mass is 32.1. The Morgan fingerprint density at radius 1 is 1.04 bits per heavy atom. The number of carbonyl (C=O) groups excluding carboxylic acids is 1. The van der Waals surface area contributed by atoms with Crippen LogP contribution in [-0.4, -0.2) is 20.9 Å². The Morgan fingerprint density at radius 3 is 2.62 bits per heavy atom. The number of aryl methyl sites for hydroxylation is 1. The molecule has 0 atom stereocenters. The Labute approximate surface area is 154 Å². The summed E-state index contributed by atoms with van der Waals surface area (Å²) >= 11 is 1.60. The second kappa shape index (κ2) is 7.01. The maximum absolute atomic E-state index is 12.5. The molecule has 5 nitrogen and oxygen atoms in total. The number of carbonyl (C=O) groups is 1. The standard InChI is InChI=1S/C20H16N4OS/c1-13-18(26-20(24-13)14-5-3-2-4-6-14)12-23-19(25)15-7-8-16-17(11-15)22-10-9-21-16/h2-11H,12H2,1H3,(H,23,25). The number of aromatic nitrogens is 3. The van der Waals surface area contributed by atoms with Gasteiger partial charge >= 0.3 is 0 Å². The van der Waals surface area contributed by atoms with E-state index in [0.717, 1.165) is 26.7 Å². The molecule has 26 heavy (non-hydrogen) atoms. The Morgan fingerprint density at radius 2 is 1.81 bits per heavy atom. The zero-order valence-electron chi connectivity index (χ0n) is 14.1. The van der Waals surface area contributed by atoms with E-state index >= 15 is 0 Å². The average Bonchev–Trinajstić information content (AvgIpc) is 3.07. The molecule has 2 aromatic carbocycles. The highest BCUT2D eigenvalue weighted by Crippen LogP contribution is 2.27. The molecule has 0 saturated carbocycles. The molecule has 128 valence electrons. The Kier molecular flexibility index (Phi) is 4.41. The first kappa shape index (κ1) is 16.4. The van der Waals surface area contributed by atoms with Crippen molar-refractivity contribution in [3.8, 4) is 10.6 Å². The van der Waals surface area contributed by atoms with Crippen LogP contribution < -0.4 is 5.32 Å². The van der Waals surface area contributed by atoms with Crippen LogP contribution in [0.15, 0.2) is 60.9 Å². The van der Waals surface area contributed by atoms with E-state index in [2.05, 4.69) is 20.3 Å². The monoisotopic (exact) mass is 360 g/mol. The fourth-order valence-corrected chi connectivity index (χ4v) is 3.67. The van der Waals surface area contributed by atoms with E-state index in [1.165, 1.54) is 0 Å². The lowest BCUT2D eigenvalue weighted by Crippen LogP contribution is -2.22. The van der Waals surface area contributed by atoms with Crippen molar-refractivity contribution in [3.05, 3.63) is 77.1 Å². The molecule has 1 N–H and O–H groups in total. The van der Waals surface area contributed by atoms with Gasteiger partial charge in [-0.2, -0.15) is 0 Å². The van der Waals surface area contributed by atoms with Gasteiger partial charge in [0.2, 0.25) is 0 Å². The van der Waals surface area contributed by atoms with Gasteiger partial charge in [0, 0.05) is 28.4 Å². The number of hydrogen-bond donors (Lipinski definition) is 1. The number of thiazole rings is 1. The lowest BCUT2D eigenvalue weighted by Gasteiger charge is -2.05. The molecule has 2 heterocycles. The first-order valence-electron chi connectivity index (χ1n) is 8.21. The van der Waals surface area contributed by atoms with E-state index in [-0.39, 0.29) is 5.91 Å². The summed E-state index contributed by atoms with van der Waals surface area (Å²) in [6, 6.07) is 15.4. The molecule has 4 rings (SSSR count). The summed E-state index contributed by atoms with van der Waals surface area (Å²) in [6.45, 7) is 2.42. The van der Waals surface area contributed by atoms with Crippen LogP contribution in [0.25, 0.3) is 21.6 Å². The normalized spacial score (nSPS) is 10.8.